The van der Waals surface area contributed by atoms with Crippen LogP contribution in [0.2, 0.25) is 0 Å². The molecule has 2 heteroatoms. The van der Waals surface area contributed by atoms with Crippen molar-refractivity contribution in [2.45, 2.75) is 12.8 Å². The summed E-state index contributed by atoms with van der Waals surface area (Å²) < 4.78 is 5.22. The number of hydrogen-bond donors (Lipinski definition) is 1. The normalized spacial score (nSPS) is 26.3. The van der Waals surface area contributed by atoms with Crippen LogP contribution in [0.3, 0.4) is 0 Å². The highest BCUT2D eigenvalue weighted by atomic mass is 16.5. The first kappa shape index (κ1) is 7.76. The van der Waals surface area contributed by atoms with Crippen molar-refractivity contribution in [1.82, 2.24) is 0 Å². The van der Waals surface area contributed by atoms with Crippen LogP contribution >= 0.6 is 0 Å². The molecule has 0 bridgehead atoms. The SMILES string of the molecule is NC/C=C\CC1CCOC1. The first-order chi connectivity index (χ1) is 4.93. The van der Waals surface area contributed by atoms with Crippen LogP contribution in [0.15, 0.2) is 12.2 Å². The number of allylic oxidation sites excluding steroid dienone is 1. The lowest BCUT2D eigenvalue weighted by molar-refractivity contribution is 0.186. The lowest BCUT2D eigenvalue weighted by Crippen LogP contribution is -1.97. The summed E-state index contributed by atoms with van der Waals surface area (Å²) >= 11 is 0. The summed E-state index contributed by atoms with van der Waals surface area (Å²) in [7, 11) is 0. The molecule has 0 radical (unpaired) electrons. The minimum absolute atomic E-state index is 0.660. The molecule has 1 saturated heterocycles. The van der Waals surface area contributed by atoms with Crippen molar-refractivity contribution in [3.63, 3.8) is 0 Å². The van der Waals surface area contributed by atoms with Crippen LogP contribution in [0.5, 0.6) is 0 Å². The molecule has 0 aromatic carbocycles. The minimum atomic E-state index is 0.660. The molecule has 2 nitrogen and oxygen atoms in total. The molecular weight excluding hydrogens is 126 g/mol. The number of ether oxygens (including phenoxy) is 1. The molecule has 1 atom stereocenters. The van der Waals surface area contributed by atoms with E-state index in [1.54, 1.807) is 0 Å². The summed E-state index contributed by atoms with van der Waals surface area (Å²) in [5.74, 6) is 0.753. The van der Waals surface area contributed by atoms with Gasteiger partial charge in [-0.2, -0.15) is 0 Å². The Morgan fingerprint density at radius 3 is 3.00 bits per heavy atom. The summed E-state index contributed by atoms with van der Waals surface area (Å²) in [6, 6.07) is 0. The van der Waals surface area contributed by atoms with Crippen molar-refractivity contribution in [2.24, 2.45) is 11.7 Å². The fourth-order valence-corrected chi connectivity index (χ4v) is 1.15. The monoisotopic (exact) mass is 141 g/mol. The van der Waals surface area contributed by atoms with Gasteiger partial charge in [-0.05, 0) is 18.8 Å². The maximum Gasteiger partial charge on any atom is 0.0498 e. The van der Waals surface area contributed by atoms with Crippen molar-refractivity contribution in [3.05, 3.63) is 12.2 Å². The highest BCUT2D eigenvalue weighted by Gasteiger charge is 2.12. The zero-order chi connectivity index (χ0) is 7.23. The molecule has 58 valence electrons. The number of nitrogens with two attached hydrogens (primary N) is 1. The van der Waals surface area contributed by atoms with E-state index in [-0.39, 0.29) is 0 Å². The third kappa shape index (κ3) is 2.50. The Bertz CT molecular complexity index is 106. The van der Waals surface area contributed by atoms with Crippen molar-refractivity contribution in [2.75, 3.05) is 19.8 Å². The lowest BCUT2D eigenvalue weighted by atomic mass is 10.1. The van der Waals surface area contributed by atoms with Crippen molar-refractivity contribution < 1.29 is 4.74 Å². The molecule has 0 spiro atoms. The zero-order valence-corrected chi connectivity index (χ0v) is 6.25. The summed E-state index contributed by atoms with van der Waals surface area (Å²) in [6.45, 7) is 2.55. The zero-order valence-electron chi connectivity index (χ0n) is 6.25. The second kappa shape index (κ2) is 4.47. The van der Waals surface area contributed by atoms with Crippen LogP contribution in [0.1, 0.15) is 12.8 Å². The standard InChI is InChI=1S/C8H15NO/c9-5-2-1-3-8-4-6-10-7-8/h1-2,8H,3-7,9H2/b2-1-. The lowest BCUT2D eigenvalue weighted by Gasteiger charge is -2.00. The van der Waals surface area contributed by atoms with Crippen molar-refractivity contribution >= 4 is 0 Å². The Kier molecular flexibility index (Phi) is 3.47. The Labute approximate surface area is 62.1 Å². The van der Waals surface area contributed by atoms with E-state index in [0.29, 0.717) is 6.54 Å². The van der Waals surface area contributed by atoms with Gasteiger partial charge in [0, 0.05) is 19.8 Å². The first-order valence-corrected chi connectivity index (χ1v) is 3.86. The maximum atomic E-state index is 5.30. The van der Waals surface area contributed by atoms with Gasteiger partial charge in [-0.3, -0.25) is 0 Å². The van der Waals surface area contributed by atoms with Gasteiger partial charge >= 0.3 is 0 Å². The average molecular weight is 141 g/mol. The third-order valence-electron chi connectivity index (χ3n) is 1.80. The predicted molar refractivity (Wildman–Crippen MR) is 41.7 cm³/mol. The summed E-state index contributed by atoms with van der Waals surface area (Å²) in [4.78, 5) is 0. The Morgan fingerprint density at radius 1 is 1.50 bits per heavy atom. The van der Waals surface area contributed by atoms with E-state index in [9.17, 15) is 0 Å². The second-order valence-electron chi connectivity index (χ2n) is 2.67. The molecular formula is C8H15NO. The van der Waals surface area contributed by atoms with Crippen LogP contribution in [-0.4, -0.2) is 19.8 Å². The Morgan fingerprint density at radius 2 is 2.40 bits per heavy atom. The van der Waals surface area contributed by atoms with E-state index in [1.807, 2.05) is 6.08 Å². The van der Waals surface area contributed by atoms with Crippen molar-refractivity contribution in [3.8, 4) is 0 Å². The maximum absolute atomic E-state index is 5.30. The molecule has 0 amide bonds. The Balaban J connectivity index is 2.06. The molecule has 1 aliphatic heterocycles. The van der Waals surface area contributed by atoms with Gasteiger partial charge in [0.1, 0.15) is 0 Å². The van der Waals surface area contributed by atoms with Gasteiger partial charge in [0.2, 0.25) is 0 Å². The van der Waals surface area contributed by atoms with Gasteiger partial charge in [-0.15, -0.1) is 0 Å². The van der Waals surface area contributed by atoms with Gasteiger partial charge in [-0.1, -0.05) is 12.2 Å². The van der Waals surface area contributed by atoms with E-state index in [1.165, 1.54) is 6.42 Å². The molecule has 1 fully saturated rings. The van der Waals surface area contributed by atoms with Crippen LogP contribution in [0, 0.1) is 5.92 Å². The molecule has 2 N–H and O–H groups in total. The van der Waals surface area contributed by atoms with Crippen LogP contribution in [0.4, 0.5) is 0 Å². The number of rotatable bonds is 3. The highest BCUT2D eigenvalue weighted by molar-refractivity contribution is 4.85. The molecule has 1 heterocycles. The summed E-state index contributed by atoms with van der Waals surface area (Å²) in [6.07, 6.45) is 6.52. The molecule has 0 aromatic rings. The van der Waals surface area contributed by atoms with Crippen LogP contribution in [0.25, 0.3) is 0 Å². The second-order valence-corrected chi connectivity index (χ2v) is 2.67. The summed E-state index contributed by atoms with van der Waals surface area (Å²) in [5.41, 5.74) is 5.30. The largest absolute Gasteiger partial charge is 0.381 e. The Hall–Kier alpha value is -0.340. The molecule has 1 aliphatic rings. The van der Waals surface area contributed by atoms with Gasteiger partial charge in [0.05, 0.1) is 0 Å². The fraction of sp³-hybridized carbons (Fsp3) is 0.750. The van der Waals surface area contributed by atoms with E-state index >= 15 is 0 Å². The van der Waals surface area contributed by atoms with E-state index < -0.39 is 0 Å². The predicted octanol–water partition coefficient (Wildman–Crippen LogP) is 0.928. The van der Waals surface area contributed by atoms with Gasteiger partial charge in [0.15, 0.2) is 0 Å². The van der Waals surface area contributed by atoms with Crippen LogP contribution in [-0.2, 0) is 4.74 Å². The summed E-state index contributed by atoms with van der Waals surface area (Å²) in [5, 5.41) is 0. The highest BCUT2D eigenvalue weighted by Crippen LogP contribution is 2.16. The number of hydrogen-bond acceptors (Lipinski definition) is 2. The van der Waals surface area contributed by atoms with Gasteiger partial charge in [0.25, 0.3) is 0 Å². The molecule has 1 unspecified atom stereocenters. The minimum Gasteiger partial charge on any atom is -0.381 e. The average Bonchev–Trinajstić information content (AvgIpc) is 2.41. The smallest absolute Gasteiger partial charge is 0.0498 e. The van der Waals surface area contributed by atoms with E-state index in [2.05, 4.69) is 6.08 Å². The van der Waals surface area contributed by atoms with Crippen molar-refractivity contribution in [1.29, 1.82) is 0 Å². The molecule has 0 aromatic heterocycles. The third-order valence-corrected chi connectivity index (χ3v) is 1.80. The molecule has 0 saturated carbocycles. The molecule has 10 heavy (non-hydrogen) atoms. The fourth-order valence-electron chi connectivity index (χ4n) is 1.15. The van der Waals surface area contributed by atoms with Gasteiger partial charge in [-0.25, -0.2) is 0 Å². The molecule has 0 aliphatic carbocycles. The first-order valence-electron chi connectivity index (χ1n) is 3.86. The molecule has 1 rings (SSSR count). The quantitative estimate of drug-likeness (QED) is 0.593. The topological polar surface area (TPSA) is 35.2 Å². The van der Waals surface area contributed by atoms with Crippen LogP contribution < -0.4 is 5.73 Å². The van der Waals surface area contributed by atoms with Gasteiger partial charge < -0.3 is 10.5 Å². The van der Waals surface area contributed by atoms with E-state index in [4.69, 9.17) is 10.5 Å². The van der Waals surface area contributed by atoms with E-state index in [0.717, 1.165) is 25.6 Å².